The third kappa shape index (κ3) is 4.55. The number of H-pyrrole nitrogens is 1. The zero-order valence-electron chi connectivity index (χ0n) is 22.4. The van der Waals surface area contributed by atoms with E-state index in [1.165, 1.54) is 12.4 Å². The van der Waals surface area contributed by atoms with Gasteiger partial charge in [0.1, 0.15) is 17.7 Å². The average molecular weight is 519 g/mol. The number of carbonyl (C=O) groups is 2. The molecule has 38 heavy (non-hydrogen) atoms. The number of hydrogen-bond donors (Lipinski definition) is 1. The Labute approximate surface area is 220 Å². The molecule has 0 spiro atoms. The number of fused-ring (bicyclic) bond motifs is 1. The predicted molar refractivity (Wildman–Crippen MR) is 140 cm³/mol. The molecule has 1 saturated heterocycles. The fourth-order valence-electron chi connectivity index (χ4n) is 4.93. The van der Waals surface area contributed by atoms with Gasteiger partial charge < -0.3 is 14.2 Å². The molecular weight excluding hydrogens is 487 g/mol. The molecule has 3 aromatic heterocycles. The summed E-state index contributed by atoms with van der Waals surface area (Å²) in [6.45, 7) is 12.8. The summed E-state index contributed by atoms with van der Waals surface area (Å²) in [5.41, 5.74) is 3.08. The normalized spacial score (nSPS) is 15.8. The van der Waals surface area contributed by atoms with Crippen LogP contribution in [0.25, 0.3) is 22.4 Å². The number of halogens is 1. The Morgan fingerprint density at radius 2 is 1.87 bits per heavy atom. The van der Waals surface area contributed by atoms with E-state index in [0.717, 1.165) is 11.1 Å². The van der Waals surface area contributed by atoms with Crippen LogP contribution in [0.1, 0.15) is 66.9 Å². The number of aromatic amines is 1. The molecule has 0 saturated carbocycles. The summed E-state index contributed by atoms with van der Waals surface area (Å²) in [5.74, 6) is -0.528. The van der Waals surface area contributed by atoms with E-state index in [1.54, 1.807) is 34.9 Å². The number of rotatable bonds is 3. The van der Waals surface area contributed by atoms with Crippen LogP contribution in [0.2, 0.25) is 0 Å². The van der Waals surface area contributed by atoms with Crippen molar-refractivity contribution in [1.82, 2.24) is 30.0 Å². The van der Waals surface area contributed by atoms with Crippen LogP contribution < -0.4 is 0 Å². The van der Waals surface area contributed by atoms with E-state index in [2.05, 4.69) is 36.0 Å². The largest absolute Gasteiger partial charge is 0.449 e. The Hall–Kier alpha value is -4.08. The van der Waals surface area contributed by atoms with E-state index >= 15 is 0 Å². The minimum Gasteiger partial charge on any atom is -0.449 e. The van der Waals surface area contributed by atoms with Crippen LogP contribution in [0.3, 0.4) is 0 Å². The Kier molecular flexibility index (Phi) is 6.08. The second kappa shape index (κ2) is 9.04. The quantitative estimate of drug-likeness (QED) is 0.420. The number of aromatic nitrogens is 4. The Morgan fingerprint density at radius 1 is 1.11 bits per heavy atom. The number of aryl methyl sites for hydroxylation is 1. The van der Waals surface area contributed by atoms with Crippen LogP contribution in [0.4, 0.5) is 4.39 Å². The molecule has 0 radical (unpaired) electrons. The molecular formula is C28H31FN6O3. The zero-order chi connectivity index (χ0) is 27.4. The monoisotopic (exact) mass is 518 g/mol. The van der Waals surface area contributed by atoms with Gasteiger partial charge >= 0.3 is 0 Å². The van der Waals surface area contributed by atoms with Crippen molar-refractivity contribution in [3.8, 4) is 11.3 Å². The van der Waals surface area contributed by atoms with Gasteiger partial charge in [0.15, 0.2) is 11.3 Å². The molecule has 9 nitrogen and oxygen atoms in total. The molecule has 1 aliphatic rings. The van der Waals surface area contributed by atoms with E-state index in [1.807, 2.05) is 19.9 Å². The summed E-state index contributed by atoms with van der Waals surface area (Å²) in [6, 6.07) is 8.53. The maximum Gasteiger partial charge on any atom is 0.293 e. The van der Waals surface area contributed by atoms with Crippen molar-refractivity contribution in [3.05, 3.63) is 65.2 Å². The van der Waals surface area contributed by atoms with Crippen molar-refractivity contribution < 1.29 is 18.4 Å². The molecule has 0 atom stereocenters. The van der Waals surface area contributed by atoms with E-state index in [-0.39, 0.29) is 34.6 Å². The van der Waals surface area contributed by atoms with Crippen LogP contribution >= 0.6 is 0 Å². The molecule has 2 amide bonds. The smallest absolute Gasteiger partial charge is 0.293 e. The Balaban J connectivity index is 1.48. The summed E-state index contributed by atoms with van der Waals surface area (Å²) >= 11 is 0. The third-order valence-corrected chi connectivity index (χ3v) is 6.99. The number of furan rings is 1. The van der Waals surface area contributed by atoms with Gasteiger partial charge in [-0.2, -0.15) is 0 Å². The average Bonchev–Trinajstić information content (AvgIpc) is 3.53. The van der Waals surface area contributed by atoms with Crippen molar-refractivity contribution in [2.75, 3.05) is 19.6 Å². The maximum atomic E-state index is 13.9. The lowest BCUT2D eigenvalue weighted by atomic mass is 9.86. The standard InChI is InChI=1S/C28H31FN6O3/c1-16-11-17(7-8-19(16)29)20-12-18(27(2,3)4)23-21(32-20)13-22(38-23)25(36)35-10-9-34(14-28(35,5)6)26(37)24-30-15-31-33-24/h7-8,11-13,15H,9-10,14H2,1-6H3,(H,30,31,33). The number of pyridine rings is 1. The molecule has 198 valence electrons. The van der Waals surface area contributed by atoms with Crippen LogP contribution in [0.5, 0.6) is 0 Å². The van der Waals surface area contributed by atoms with Crippen LogP contribution in [-0.2, 0) is 5.41 Å². The SMILES string of the molecule is Cc1cc(-c2cc(C(C)(C)C)c3oc(C(=O)N4CCN(C(=O)c5nc[nH]n5)CC4(C)C)cc3n2)ccc1F. The first-order valence-corrected chi connectivity index (χ1v) is 12.5. The van der Waals surface area contributed by atoms with Gasteiger partial charge in [0.05, 0.1) is 11.2 Å². The second-order valence-corrected chi connectivity index (χ2v) is 11.4. The Morgan fingerprint density at radius 3 is 2.50 bits per heavy atom. The number of nitrogens with zero attached hydrogens (tertiary/aromatic N) is 5. The van der Waals surface area contributed by atoms with Gasteiger partial charge in [0.25, 0.3) is 11.8 Å². The number of nitrogens with one attached hydrogen (secondary N) is 1. The first-order chi connectivity index (χ1) is 17.8. The number of amides is 2. The molecule has 0 unspecified atom stereocenters. The van der Waals surface area contributed by atoms with Gasteiger partial charge in [0.2, 0.25) is 5.82 Å². The van der Waals surface area contributed by atoms with Crippen molar-refractivity contribution in [2.45, 2.75) is 52.5 Å². The molecule has 1 fully saturated rings. The molecule has 5 rings (SSSR count). The second-order valence-electron chi connectivity index (χ2n) is 11.4. The fourth-order valence-corrected chi connectivity index (χ4v) is 4.93. The Bertz CT molecular complexity index is 1530. The first kappa shape index (κ1) is 25.6. The first-order valence-electron chi connectivity index (χ1n) is 12.5. The number of carbonyl (C=O) groups excluding carboxylic acids is 2. The third-order valence-electron chi connectivity index (χ3n) is 6.99. The molecule has 10 heteroatoms. The topological polar surface area (TPSA) is 108 Å². The van der Waals surface area contributed by atoms with Gasteiger partial charge in [0, 0.05) is 36.8 Å². The lowest BCUT2D eigenvalue weighted by Crippen LogP contribution is -2.62. The highest BCUT2D eigenvalue weighted by molar-refractivity contribution is 5.97. The summed E-state index contributed by atoms with van der Waals surface area (Å²) in [6.07, 6.45) is 1.36. The van der Waals surface area contributed by atoms with Gasteiger partial charge in [-0.1, -0.05) is 20.8 Å². The number of benzene rings is 1. The molecule has 0 aliphatic carbocycles. The van der Waals surface area contributed by atoms with Crippen LogP contribution in [-0.4, -0.2) is 67.0 Å². The van der Waals surface area contributed by atoms with Gasteiger partial charge in [-0.25, -0.2) is 14.4 Å². The van der Waals surface area contributed by atoms with E-state index in [9.17, 15) is 14.0 Å². The van der Waals surface area contributed by atoms with Crippen molar-refractivity contribution in [3.63, 3.8) is 0 Å². The van der Waals surface area contributed by atoms with E-state index in [4.69, 9.17) is 9.40 Å². The van der Waals surface area contributed by atoms with Crippen LogP contribution in [0.15, 0.2) is 41.1 Å². The van der Waals surface area contributed by atoms with Crippen molar-refractivity contribution in [2.24, 2.45) is 0 Å². The molecule has 1 N–H and O–H groups in total. The molecule has 1 aromatic carbocycles. The molecule has 4 heterocycles. The minimum atomic E-state index is -0.655. The summed E-state index contributed by atoms with van der Waals surface area (Å²) in [7, 11) is 0. The van der Waals surface area contributed by atoms with E-state index < -0.39 is 5.54 Å². The zero-order valence-corrected chi connectivity index (χ0v) is 22.4. The predicted octanol–water partition coefficient (Wildman–Crippen LogP) is 4.73. The lowest BCUT2D eigenvalue weighted by molar-refractivity contribution is 0.0146. The van der Waals surface area contributed by atoms with Gasteiger partial charge in [-0.05, 0) is 56.0 Å². The highest BCUT2D eigenvalue weighted by Gasteiger charge is 2.40. The fraction of sp³-hybridized carbons (Fsp3) is 0.393. The van der Waals surface area contributed by atoms with Crippen molar-refractivity contribution in [1.29, 1.82) is 0 Å². The maximum absolute atomic E-state index is 13.9. The summed E-state index contributed by atoms with van der Waals surface area (Å²) in [4.78, 5) is 38.6. The number of piperazine rings is 1. The molecule has 0 bridgehead atoms. The van der Waals surface area contributed by atoms with E-state index in [0.29, 0.717) is 42.0 Å². The van der Waals surface area contributed by atoms with Gasteiger partial charge in [-0.15, -0.1) is 5.10 Å². The summed E-state index contributed by atoms with van der Waals surface area (Å²) in [5, 5.41) is 6.44. The molecule has 1 aliphatic heterocycles. The lowest BCUT2D eigenvalue weighted by Gasteiger charge is -2.46. The number of hydrogen-bond acceptors (Lipinski definition) is 6. The van der Waals surface area contributed by atoms with Crippen molar-refractivity contribution >= 4 is 22.9 Å². The minimum absolute atomic E-state index is 0.103. The molecule has 4 aromatic rings. The highest BCUT2D eigenvalue weighted by atomic mass is 19.1. The van der Waals surface area contributed by atoms with Crippen LogP contribution in [0, 0.1) is 12.7 Å². The highest BCUT2D eigenvalue weighted by Crippen LogP contribution is 2.36. The van der Waals surface area contributed by atoms with Gasteiger partial charge in [-0.3, -0.25) is 14.7 Å². The summed E-state index contributed by atoms with van der Waals surface area (Å²) < 4.78 is 20.1.